The molecule has 0 atom stereocenters. The Morgan fingerprint density at radius 3 is 1.24 bits per heavy atom. The summed E-state index contributed by atoms with van der Waals surface area (Å²) in [7, 11) is 3.35. The number of amides is 2. The van der Waals surface area contributed by atoms with Crippen LogP contribution >= 0.6 is 0 Å². The molecule has 0 heterocycles. The summed E-state index contributed by atoms with van der Waals surface area (Å²) in [5.41, 5.74) is -1.56. The smallest absolute Gasteiger partial charge is 0.221 e. The molecule has 0 rings (SSSR count). The predicted molar refractivity (Wildman–Crippen MR) is 66.1 cm³/mol. The number of nitrogens with zero attached hydrogens (tertiary/aromatic N) is 2. The van der Waals surface area contributed by atoms with Crippen molar-refractivity contribution in [3.8, 4) is 0 Å². The molecule has 100 valence electrons. The summed E-state index contributed by atoms with van der Waals surface area (Å²) in [6, 6.07) is 0. The van der Waals surface area contributed by atoms with E-state index in [1.807, 2.05) is 0 Å². The third-order valence-electron chi connectivity index (χ3n) is 3.06. The van der Waals surface area contributed by atoms with Crippen LogP contribution in [0.4, 0.5) is 0 Å². The Balaban J connectivity index is 4.93. The molecule has 5 heteroatoms. The molecule has 0 unspecified atom stereocenters. The first-order valence-corrected chi connectivity index (χ1v) is 5.61. The molecular formula is C12H24N2O3. The van der Waals surface area contributed by atoms with Crippen molar-refractivity contribution in [2.75, 3.05) is 14.1 Å². The first kappa shape index (κ1) is 15.9. The Kier molecular flexibility index (Phi) is 4.71. The molecule has 17 heavy (non-hydrogen) atoms. The normalized spacial score (nSPS) is 12.2. The number of carbonyl (C=O) groups is 2. The maximum absolute atomic E-state index is 11.3. The summed E-state index contributed by atoms with van der Waals surface area (Å²) in [5.74, 6) is -0.174. The first-order chi connectivity index (χ1) is 7.42. The van der Waals surface area contributed by atoms with Crippen molar-refractivity contribution >= 4 is 11.8 Å². The molecule has 0 spiro atoms. The van der Waals surface area contributed by atoms with Gasteiger partial charge in [-0.15, -0.1) is 0 Å². The van der Waals surface area contributed by atoms with Gasteiger partial charge in [0.1, 0.15) is 11.4 Å². The number of carbonyl (C=O) groups excluding carboxylic acids is 2. The van der Waals surface area contributed by atoms with E-state index in [1.165, 1.54) is 23.6 Å². The predicted octanol–water partition coefficient (Wildman–Crippen LogP) is 1.43. The van der Waals surface area contributed by atoms with Crippen molar-refractivity contribution in [3.05, 3.63) is 0 Å². The van der Waals surface area contributed by atoms with Crippen LogP contribution in [0.2, 0.25) is 0 Å². The van der Waals surface area contributed by atoms with Gasteiger partial charge in [-0.1, -0.05) is 0 Å². The fourth-order valence-corrected chi connectivity index (χ4v) is 1.51. The summed E-state index contributed by atoms with van der Waals surface area (Å²) in [6.45, 7) is 10.1. The van der Waals surface area contributed by atoms with E-state index in [9.17, 15) is 9.59 Å². The van der Waals surface area contributed by atoms with Crippen molar-refractivity contribution in [2.24, 2.45) is 0 Å². The molecule has 0 aromatic rings. The van der Waals surface area contributed by atoms with E-state index in [0.717, 1.165) is 0 Å². The average molecular weight is 244 g/mol. The molecule has 0 aromatic carbocycles. The van der Waals surface area contributed by atoms with Crippen LogP contribution in [-0.2, 0) is 14.3 Å². The molecule has 0 aliphatic rings. The highest BCUT2D eigenvalue weighted by Crippen LogP contribution is 2.25. The van der Waals surface area contributed by atoms with Crippen LogP contribution in [0.3, 0.4) is 0 Å². The van der Waals surface area contributed by atoms with Crippen LogP contribution in [0.15, 0.2) is 0 Å². The van der Waals surface area contributed by atoms with Gasteiger partial charge in [-0.3, -0.25) is 9.59 Å². The SMILES string of the molecule is CC(=O)N(C)C(C)(C)OC(C)(C)N(C)C(C)=O. The lowest BCUT2D eigenvalue weighted by atomic mass is 10.2. The van der Waals surface area contributed by atoms with Crippen molar-refractivity contribution < 1.29 is 14.3 Å². The maximum Gasteiger partial charge on any atom is 0.221 e. The van der Waals surface area contributed by atoms with Crippen molar-refractivity contribution in [1.29, 1.82) is 0 Å². The Hall–Kier alpha value is -1.10. The van der Waals surface area contributed by atoms with Crippen LogP contribution in [0.5, 0.6) is 0 Å². The van der Waals surface area contributed by atoms with Gasteiger partial charge >= 0.3 is 0 Å². The van der Waals surface area contributed by atoms with Gasteiger partial charge < -0.3 is 14.5 Å². The van der Waals surface area contributed by atoms with Gasteiger partial charge in [-0.05, 0) is 27.7 Å². The van der Waals surface area contributed by atoms with Gasteiger partial charge in [0.2, 0.25) is 11.8 Å². The van der Waals surface area contributed by atoms with E-state index in [1.54, 1.807) is 41.8 Å². The molecule has 2 amide bonds. The van der Waals surface area contributed by atoms with Gasteiger partial charge in [0.15, 0.2) is 0 Å². The molecule has 0 aromatic heterocycles. The van der Waals surface area contributed by atoms with Crippen LogP contribution < -0.4 is 0 Å². The Morgan fingerprint density at radius 1 is 0.824 bits per heavy atom. The lowest BCUT2D eigenvalue weighted by Crippen LogP contribution is -2.56. The molecular weight excluding hydrogens is 220 g/mol. The quantitative estimate of drug-likeness (QED) is 0.703. The van der Waals surface area contributed by atoms with Crippen LogP contribution in [0.1, 0.15) is 41.5 Å². The highest BCUT2D eigenvalue weighted by atomic mass is 16.6. The summed E-state index contributed by atoms with van der Waals surface area (Å²) in [6.07, 6.45) is 0. The minimum Gasteiger partial charge on any atom is -0.331 e. The Labute approximate surface area is 104 Å². The topological polar surface area (TPSA) is 49.9 Å². The fraction of sp³-hybridized carbons (Fsp3) is 0.833. The summed E-state index contributed by atoms with van der Waals surface area (Å²) in [4.78, 5) is 25.7. The number of hydrogen-bond donors (Lipinski definition) is 0. The summed E-state index contributed by atoms with van der Waals surface area (Å²) < 4.78 is 5.88. The highest BCUT2D eigenvalue weighted by molar-refractivity contribution is 5.74. The highest BCUT2D eigenvalue weighted by Gasteiger charge is 2.37. The zero-order valence-electron chi connectivity index (χ0n) is 12.1. The summed E-state index contributed by atoms with van der Waals surface area (Å²) in [5, 5.41) is 0. The second-order valence-electron chi connectivity index (χ2n) is 5.15. The Bertz CT molecular complexity index is 281. The molecule has 0 N–H and O–H groups in total. The molecule has 5 nitrogen and oxygen atoms in total. The molecule has 0 bridgehead atoms. The average Bonchev–Trinajstić information content (AvgIpc) is 2.13. The molecule has 0 fully saturated rings. The second-order valence-corrected chi connectivity index (χ2v) is 5.15. The minimum atomic E-state index is -0.779. The van der Waals surface area contributed by atoms with E-state index in [4.69, 9.17) is 4.74 Å². The standard InChI is InChI=1S/C12H24N2O3/c1-9(15)13(7)11(3,4)17-12(5,6)14(8)10(2)16/h1-8H3. The molecule has 0 saturated heterocycles. The van der Waals surface area contributed by atoms with Gasteiger partial charge in [0.25, 0.3) is 0 Å². The van der Waals surface area contributed by atoms with Crippen molar-refractivity contribution in [1.82, 2.24) is 9.80 Å². The van der Waals surface area contributed by atoms with Crippen molar-refractivity contribution in [3.63, 3.8) is 0 Å². The van der Waals surface area contributed by atoms with E-state index in [-0.39, 0.29) is 11.8 Å². The van der Waals surface area contributed by atoms with Crippen LogP contribution in [-0.4, -0.2) is 47.2 Å². The zero-order valence-corrected chi connectivity index (χ0v) is 12.1. The van der Waals surface area contributed by atoms with E-state index >= 15 is 0 Å². The van der Waals surface area contributed by atoms with Gasteiger partial charge in [-0.25, -0.2) is 0 Å². The van der Waals surface area contributed by atoms with Crippen LogP contribution in [0, 0.1) is 0 Å². The van der Waals surface area contributed by atoms with Crippen LogP contribution in [0.25, 0.3) is 0 Å². The van der Waals surface area contributed by atoms with Gasteiger partial charge in [0.05, 0.1) is 0 Å². The van der Waals surface area contributed by atoms with Gasteiger partial charge in [-0.2, -0.15) is 0 Å². The number of hydrogen-bond acceptors (Lipinski definition) is 3. The van der Waals surface area contributed by atoms with Gasteiger partial charge in [0, 0.05) is 27.9 Å². The van der Waals surface area contributed by atoms with E-state index in [2.05, 4.69) is 0 Å². The van der Waals surface area contributed by atoms with Crippen molar-refractivity contribution in [2.45, 2.75) is 53.0 Å². The molecule has 0 aliphatic heterocycles. The third kappa shape index (κ3) is 4.00. The first-order valence-electron chi connectivity index (χ1n) is 5.61. The summed E-state index contributed by atoms with van der Waals surface area (Å²) >= 11 is 0. The lowest BCUT2D eigenvalue weighted by molar-refractivity contribution is -0.234. The zero-order chi connectivity index (χ0) is 14.0. The van der Waals surface area contributed by atoms with E-state index in [0.29, 0.717) is 0 Å². The largest absolute Gasteiger partial charge is 0.331 e. The maximum atomic E-state index is 11.3. The third-order valence-corrected chi connectivity index (χ3v) is 3.06. The Morgan fingerprint density at radius 2 is 1.06 bits per heavy atom. The number of ether oxygens (including phenoxy) is 1. The second kappa shape index (κ2) is 5.04. The van der Waals surface area contributed by atoms with E-state index < -0.39 is 11.4 Å². The fourth-order valence-electron chi connectivity index (χ4n) is 1.51. The lowest BCUT2D eigenvalue weighted by Gasteiger charge is -2.44. The molecule has 0 saturated carbocycles. The number of rotatable bonds is 4. The minimum absolute atomic E-state index is 0.0868. The monoisotopic (exact) mass is 244 g/mol. The molecule has 0 radical (unpaired) electrons. The molecule has 0 aliphatic carbocycles.